The second kappa shape index (κ2) is 5.99. The zero-order valence-corrected chi connectivity index (χ0v) is 9.88. The number of halogens is 2. The average molecular weight is 274 g/mol. The SMILES string of the molecule is O=Cc1ccc(Cl)cc1C=CCCBr. The predicted molar refractivity (Wildman–Crippen MR) is 64.3 cm³/mol. The van der Waals surface area contributed by atoms with Crippen molar-refractivity contribution in [3.05, 3.63) is 40.4 Å². The van der Waals surface area contributed by atoms with Crippen LogP contribution in [0.3, 0.4) is 0 Å². The monoisotopic (exact) mass is 272 g/mol. The summed E-state index contributed by atoms with van der Waals surface area (Å²) in [4.78, 5) is 10.7. The number of carbonyl (C=O) groups excluding carboxylic acids is 1. The molecule has 0 fully saturated rings. The van der Waals surface area contributed by atoms with E-state index >= 15 is 0 Å². The number of hydrogen-bond acceptors (Lipinski definition) is 1. The van der Waals surface area contributed by atoms with Crippen LogP contribution in [0, 0.1) is 0 Å². The molecule has 0 unspecified atom stereocenters. The molecule has 0 bridgehead atoms. The van der Waals surface area contributed by atoms with Gasteiger partial charge >= 0.3 is 0 Å². The normalized spacial score (nSPS) is 10.7. The van der Waals surface area contributed by atoms with Crippen molar-refractivity contribution in [2.45, 2.75) is 6.42 Å². The molecule has 3 heteroatoms. The Kier molecular flexibility index (Phi) is 4.91. The topological polar surface area (TPSA) is 17.1 Å². The van der Waals surface area contributed by atoms with Crippen LogP contribution in [0.1, 0.15) is 22.3 Å². The number of alkyl halides is 1. The number of rotatable bonds is 4. The summed E-state index contributed by atoms with van der Waals surface area (Å²) in [5, 5.41) is 1.56. The smallest absolute Gasteiger partial charge is 0.150 e. The van der Waals surface area contributed by atoms with Gasteiger partial charge < -0.3 is 0 Å². The van der Waals surface area contributed by atoms with Crippen LogP contribution in [-0.2, 0) is 0 Å². The van der Waals surface area contributed by atoms with Crippen molar-refractivity contribution in [3.8, 4) is 0 Å². The molecule has 0 aliphatic rings. The molecule has 14 heavy (non-hydrogen) atoms. The lowest BCUT2D eigenvalue weighted by molar-refractivity contribution is 0.112. The molecule has 1 nitrogen and oxygen atoms in total. The van der Waals surface area contributed by atoms with E-state index in [0.29, 0.717) is 10.6 Å². The largest absolute Gasteiger partial charge is 0.298 e. The maximum atomic E-state index is 10.7. The first kappa shape index (κ1) is 11.5. The molecule has 74 valence electrons. The summed E-state index contributed by atoms with van der Waals surface area (Å²) >= 11 is 9.15. The minimum absolute atomic E-state index is 0.647. The van der Waals surface area contributed by atoms with Crippen LogP contribution in [0.25, 0.3) is 6.08 Å². The van der Waals surface area contributed by atoms with Gasteiger partial charge in [0.05, 0.1) is 0 Å². The van der Waals surface area contributed by atoms with E-state index in [1.807, 2.05) is 12.2 Å². The third-order valence-corrected chi connectivity index (χ3v) is 2.44. The quantitative estimate of drug-likeness (QED) is 0.600. The van der Waals surface area contributed by atoms with E-state index in [-0.39, 0.29) is 0 Å². The molecule has 0 atom stereocenters. The lowest BCUT2D eigenvalue weighted by Crippen LogP contribution is -1.85. The van der Waals surface area contributed by atoms with Gasteiger partial charge in [-0.2, -0.15) is 0 Å². The summed E-state index contributed by atoms with van der Waals surface area (Å²) in [6.07, 6.45) is 5.69. The molecule has 0 radical (unpaired) electrons. The molecule has 0 amide bonds. The van der Waals surface area contributed by atoms with Gasteiger partial charge in [0.1, 0.15) is 0 Å². The van der Waals surface area contributed by atoms with Crippen LogP contribution in [0.15, 0.2) is 24.3 Å². The first-order valence-corrected chi connectivity index (χ1v) is 5.75. The highest BCUT2D eigenvalue weighted by molar-refractivity contribution is 9.09. The summed E-state index contributed by atoms with van der Waals surface area (Å²) in [6.45, 7) is 0. The fraction of sp³-hybridized carbons (Fsp3) is 0.182. The molecular formula is C11H10BrClO. The minimum Gasteiger partial charge on any atom is -0.298 e. The van der Waals surface area contributed by atoms with E-state index in [2.05, 4.69) is 15.9 Å². The van der Waals surface area contributed by atoms with Crippen LogP contribution < -0.4 is 0 Å². The Labute approximate surface area is 96.9 Å². The van der Waals surface area contributed by atoms with Crippen LogP contribution in [-0.4, -0.2) is 11.6 Å². The van der Waals surface area contributed by atoms with Crippen molar-refractivity contribution < 1.29 is 4.79 Å². The second-order valence-electron chi connectivity index (χ2n) is 2.77. The Hall–Kier alpha value is -0.600. The molecular weight excluding hydrogens is 263 g/mol. The van der Waals surface area contributed by atoms with E-state index in [4.69, 9.17) is 11.6 Å². The predicted octanol–water partition coefficient (Wildman–Crippen LogP) is 3.95. The number of carbonyl (C=O) groups is 1. The molecule has 0 aliphatic heterocycles. The Morgan fingerprint density at radius 1 is 1.36 bits per heavy atom. The van der Waals surface area contributed by atoms with Gasteiger partial charge in [-0.3, -0.25) is 4.79 Å². The summed E-state index contributed by atoms with van der Waals surface area (Å²) in [5.41, 5.74) is 1.54. The fourth-order valence-electron chi connectivity index (χ4n) is 1.07. The van der Waals surface area contributed by atoms with Gasteiger partial charge in [0.25, 0.3) is 0 Å². The van der Waals surface area contributed by atoms with Crippen molar-refractivity contribution in [3.63, 3.8) is 0 Å². The Morgan fingerprint density at radius 3 is 2.79 bits per heavy atom. The molecule has 1 rings (SSSR count). The van der Waals surface area contributed by atoms with Crippen molar-refractivity contribution in [2.75, 3.05) is 5.33 Å². The Balaban J connectivity index is 2.92. The van der Waals surface area contributed by atoms with Crippen molar-refractivity contribution in [2.24, 2.45) is 0 Å². The molecule has 0 spiro atoms. The van der Waals surface area contributed by atoms with E-state index in [1.54, 1.807) is 18.2 Å². The van der Waals surface area contributed by atoms with Crippen LogP contribution in [0.4, 0.5) is 0 Å². The zero-order valence-electron chi connectivity index (χ0n) is 7.54. The summed E-state index contributed by atoms with van der Waals surface area (Å²) in [7, 11) is 0. The Bertz CT molecular complexity index is 347. The van der Waals surface area contributed by atoms with Crippen LogP contribution in [0.5, 0.6) is 0 Å². The van der Waals surface area contributed by atoms with Crippen molar-refractivity contribution >= 4 is 39.9 Å². The third-order valence-electron chi connectivity index (χ3n) is 1.75. The summed E-state index contributed by atoms with van der Waals surface area (Å²) in [6, 6.07) is 5.23. The number of allylic oxidation sites excluding steroid dienone is 1. The highest BCUT2D eigenvalue weighted by Gasteiger charge is 1.98. The van der Waals surface area contributed by atoms with Gasteiger partial charge in [0.2, 0.25) is 0 Å². The lowest BCUT2D eigenvalue weighted by Gasteiger charge is -1.99. The van der Waals surface area contributed by atoms with Crippen molar-refractivity contribution in [1.82, 2.24) is 0 Å². The van der Waals surface area contributed by atoms with E-state index in [1.165, 1.54) is 0 Å². The summed E-state index contributed by atoms with van der Waals surface area (Å²) in [5.74, 6) is 0. The highest BCUT2D eigenvalue weighted by Crippen LogP contribution is 2.16. The maximum absolute atomic E-state index is 10.7. The molecule has 0 N–H and O–H groups in total. The molecule has 0 aliphatic carbocycles. The van der Waals surface area contributed by atoms with Crippen LogP contribution >= 0.6 is 27.5 Å². The molecule has 0 saturated carbocycles. The molecule has 0 aromatic heterocycles. The van der Waals surface area contributed by atoms with Gasteiger partial charge in [-0.25, -0.2) is 0 Å². The van der Waals surface area contributed by atoms with E-state index in [0.717, 1.165) is 23.6 Å². The molecule has 0 heterocycles. The summed E-state index contributed by atoms with van der Waals surface area (Å²) < 4.78 is 0. The van der Waals surface area contributed by atoms with Crippen LogP contribution in [0.2, 0.25) is 5.02 Å². The zero-order chi connectivity index (χ0) is 10.4. The average Bonchev–Trinajstić information content (AvgIpc) is 2.19. The third kappa shape index (κ3) is 3.28. The standard InChI is InChI=1S/C11H10BrClO/c12-6-2-1-3-9-7-11(13)5-4-10(9)8-14/h1,3-5,7-8H,2,6H2. The van der Waals surface area contributed by atoms with Gasteiger partial charge in [0, 0.05) is 15.9 Å². The van der Waals surface area contributed by atoms with E-state index < -0.39 is 0 Å². The van der Waals surface area contributed by atoms with Gasteiger partial charge in [0.15, 0.2) is 6.29 Å². The highest BCUT2D eigenvalue weighted by atomic mass is 79.9. The fourth-order valence-corrected chi connectivity index (χ4v) is 1.52. The maximum Gasteiger partial charge on any atom is 0.150 e. The second-order valence-corrected chi connectivity index (χ2v) is 4.00. The minimum atomic E-state index is 0.647. The molecule has 1 aromatic rings. The Morgan fingerprint density at radius 2 is 2.14 bits per heavy atom. The molecule has 0 saturated heterocycles. The number of hydrogen-bond donors (Lipinski definition) is 0. The van der Waals surface area contributed by atoms with Crippen molar-refractivity contribution in [1.29, 1.82) is 0 Å². The first-order chi connectivity index (χ1) is 6.77. The van der Waals surface area contributed by atoms with Gasteiger partial charge in [-0.1, -0.05) is 39.7 Å². The number of benzene rings is 1. The van der Waals surface area contributed by atoms with Gasteiger partial charge in [-0.05, 0) is 30.2 Å². The lowest BCUT2D eigenvalue weighted by atomic mass is 10.1. The first-order valence-electron chi connectivity index (χ1n) is 4.25. The number of aldehydes is 1. The molecule has 1 aromatic carbocycles. The van der Waals surface area contributed by atoms with Gasteiger partial charge in [-0.15, -0.1) is 0 Å². The van der Waals surface area contributed by atoms with E-state index in [9.17, 15) is 4.79 Å².